The van der Waals surface area contributed by atoms with Crippen molar-refractivity contribution in [2.45, 2.75) is 6.04 Å². The Labute approximate surface area is 87.2 Å². The third kappa shape index (κ3) is 2.15. The van der Waals surface area contributed by atoms with Gasteiger partial charge in [0.15, 0.2) is 6.04 Å². The second-order valence-electron chi connectivity index (χ2n) is 2.94. The van der Waals surface area contributed by atoms with Gasteiger partial charge in [-0.2, -0.15) is 5.26 Å². The van der Waals surface area contributed by atoms with E-state index >= 15 is 0 Å². The van der Waals surface area contributed by atoms with Crippen LogP contribution in [0, 0.1) is 11.3 Å². The molecule has 0 amide bonds. The number of nitriles is 1. The highest BCUT2D eigenvalue weighted by molar-refractivity contribution is 5.38. The molecule has 0 fully saturated rings. The molecule has 0 spiro atoms. The van der Waals surface area contributed by atoms with E-state index < -0.39 is 6.04 Å². The van der Waals surface area contributed by atoms with E-state index in [1.54, 1.807) is 30.7 Å². The topological polar surface area (TPSA) is 61.9 Å². The van der Waals surface area contributed by atoms with Crippen molar-refractivity contribution in [3.05, 3.63) is 48.6 Å². The summed E-state index contributed by atoms with van der Waals surface area (Å²) in [4.78, 5) is 4.07. The Balaban J connectivity index is 2.14. The number of rotatable bonds is 3. The molecule has 0 aliphatic rings. The van der Waals surface area contributed by atoms with Crippen LogP contribution in [0.15, 0.2) is 47.2 Å². The van der Waals surface area contributed by atoms with E-state index in [-0.39, 0.29) is 0 Å². The molecule has 2 aromatic heterocycles. The third-order valence-electron chi connectivity index (χ3n) is 1.91. The molecule has 1 N–H and O–H groups in total. The van der Waals surface area contributed by atoms with E-state index in [1.165, 1.54) is 0 Å². The number of pyridine rings is 1. The Kier molecular flexibility index (Phi) is 2.65. The second-order valence-corrected chi connectivity index (χ2v) is 2.94. The van der Waals surface area contributed by atoms with E-state index in [2.05, 4.69) is 16.4 Å². The molecule has 0 saturated carbocycles. The number of hydrogen-bond donors (Lipinski definition) is 1. The van der Waals surface area contributed by atoms with Crippen LogP contribution in [-0.2, 0) is 0 Å². The van der Waals surface area contributed by atoms with Crippen LogP contribution in [0.1, 0.15) is 11.8 Å². The van der Waals surface area contributed by atoms with Crippen molar-refractivity contribution in [2.75, 3.05) is 5.32 Å². The molecule has 0 aromatic carbocycles. The summed E-state index contributed by atoms with van der Waals surface area (Å²) in [5, 5.41) is 11.9. The fourth-order valence-corrected chi connectivity index (χ4v) is 1.22. The van der Waals surface area contributed by atoms with Crippen molar-refractivity contribution >= 4 is 5.82 Å². The van der Waals surface area contributed by atoms with Crippen molar-refractivity contribution in [1.82, 2.24) is 4.98 Å². The lowest BCUT2D eigenvalue weighted by Gasteiger charge is -2.08. The maximum absolute atomic E-state index is 8.96. The summed E-state index contributed by atoms with van der Waals surface area (Å²) in [6.07, 6.45) is 3.21. The predicted octanol–water partition coefficient (Wildman–Crippen LogP) is 2.35. The van der Waals surface area contributed by atoms with Crippen LogP contribution in [0.2, 0.25) is 0 Å². The quantitative estimate of drug-likeness (QED) is 0.824. The molecule has 0 bridgehead atoms. The zero-order valence-corrected chi connectivity index (χ0v) is 7.92. The van der Waals surface area contributed by atoms with Crippen LogP contribution in [0.5, 0.6) is 0 Å². The standard InChI is InChI=1S/C11H9N3O/c12-8-9(10-4-3-7-15-10)14-11-5-1-2-6-13-11/h1-7,9H,(H,13,14). The van der Waals surface area contributed by atoms with Crippen molar-refractivity contribution in [3.63, 3.8) is 0 Å². The number of hydrogen-bond acceptors (Lipinski definition) is 4. The summed E-state index contributed by atoms with van der Waals surface area (Å²) in [6, 6.07) is 10.6. The largest absolute Gasteiger partial charge is 0.466 e. The van der Waals surface area contributed by atoms with Gasteiger partial charge in [0.2, 0.25) is 0 Å². The first-order chi connectivity index (χ1) is 7.40. The number of nitrogens with zero attached hydrogens (tertiary/aromatic N) is 2. The molecule has 1 unspecified atom stereocenters. The Hall–Kier alpha value is -2.28. The number of nitrogens with one attached hydrogen (secondary N) is 1. The Morgan fingerprint density at radius 3 is 2.87 bits per heavy atom. The Morgan fingerprint density at radius 2 is 2.27 bits per heavy atom. The van der Waals surface area contributed by atoms with Gasteiger partial charge in [0, 0.05) is 6.20 Å². The Bertz CT molecular complexity index is 444. The van der Waals surface area contributed by atoms with E-state index in [9.17, 15) is 0 Å². The molecule has 2 rings (SSSR count). The molecule has 2 heterocycles. The summed E-state index contributed by atoms with van der Waals surface area (Å²) < 4.78 is 5.15. The monoisotopic (exact) mass is 199 g/mol. The van der Waals surface area contributed by atoms with Gasteiger partial charge < -0.3 is 9.73 Å². The minimum absolute atomic E-state index is 0.505. The first-order valence-corrected chi connectivity index (χ1v) is 4.51. The highest BCUT2D eigenvalue weighted by Gasteiger charge is 2.12. The first-order valence-electron chi connectivity index (χ1n) is 4.51. The minimum atomic E-state index is -0.505. The molecule has 4 heteroatoms. The van der Waals surface area contributed by atoms with Gasteiger partial charge in [-0.25, -0.2) is 4.98 Å². The van der Waals surface area contributed by atoms with E-state index in [0.717, 1.165) is 0 Å². The highest BCUT2D eigenvalue weighted by atomic mass is 16.3. The maximum atomic E-state index is 8.96. The lowest BCUT2D eigenvalue weighted by Crippen LogP contribution is -2.08. The highest BCUT2D eigenvalue weighted by Crippen LogP contribution is 2.17. The zero-order valence-electron chi connectivity index (χ0n) is 7.92. The fourth-order valence-electron chi connectivity index (χ4n) is 1.22. The molecule has 15 heavy (non-hydrogen) atoms. The van der Waals surface area contributed by atoms with Crippen LogP contribution in [0.4, 0.5) is 5.82 Å². The third-order valence-corrected chi connectivity index (χ3v) is 1.91. The first kappa shape index (κ1) is 9.28. The molecule has 0 aliphatic heterocycles. The summed E-state index contributed by atoms with van der Waals surface area (Å²) in [5.41, 5.74) is 0. The number of aromatic nitrogens is 1. The average Bonchev–Trinajstić information content (AvgIpc) is 2.81. The van der Waals surface area contributed by atoms with Crippen LogP contribution < -0.4 is 5.32 Å². The molecule has 4 nitrogen and oxygen atoms in total. The zero-order chi connectivity index (χ0) is 10.5. The van der Waals surface area contributed by atoms with Crippen LogP contribution in [-0.4, -0.2) is 4.98 Å². The lowest BCUT2D eigenvalue weighted by atomic mass is 10.2. The van der Waals surface area contributed by atoms with Gasteiger partial charge in [-0.15, -0.1) is 0 Å². The molecule has 0 saturated heterocycles. The molecular weight excluding hydrogens is 190 g/mol. The molecule has 2 aromatic rings. The van der Waals surface area contributed by atoms with Gasteiger partial charge in [0.1, 0.15) is 11.6 Å². The maximum Gasteiger partial charge on any atom is 0.174 e. The van der Waals surface area contributed by atoms with E-state index in [1.807, 2.05) is 12.1 Å². The van der Waals surface area contributed by atoms with Gasteiger partial charge in [0.05, 0.1) is 12.3 Å². The smallest absolute Gasteiger partial charge is 0.174 e. The van der Waals surface area contributed by atoms with Gasteiger partial charge in [0.25, 0.3) is 0 Å². The SMILES string of the molecule is N#CC(Nc1ccccn1)c1ccco1. The van der Waals surface area contributed by atoms with Crippen molar-refractivity contribution in [2.24, 2.45) is 0 Å². The van der Waals surface area contributed by atoms with Gasteiger partial charge in [-0.05, 0) is 24.3 Å². The summed E-state index contributed by atoms with van der Waals surface area (Å²) in [7, 11) is 0. The van der Waals surface area contributed by atoms with Gasteiger partial charge in [-0.3, -0.25) is 0 Å². The van der Waals surface area contributed by atoms with Crippen LogP contribution in [0.3, 0.4) is 0 Å². The number of anilines is 1. The Morgan fingerprint density at radius 1 is 1.33 bits per heavy atom. The molecular formula is C11H9N3O. The summed E-state index contributed by atoms with van der Waals surface area (Å²) in [5.74, 6) is 1.24. The minimum Gasteiger partial charge on any atom is -0.466 e. The van der Waals surface area contributed by atoms with E-state index in [0.29, 0.717) is 11.6 Å². The lowest BCUT2D eigenvalue weighted by molar-refractivity contribution is 0.504. The van der Waals surface area contributed by atoms with Gasteiger partial charge >= 0.3 is 0 Å². The predicted molar refractivity (Wildman–Crippen MR) is 54.9 cm³/mol. The van der Waals surface area contributed by atoms with Crippen LogP contribution >= 0.6 is 0 Å². The normalized spacial score (nSPS) is 11.7. The van der Waals surface area contributed by atoms with Crippen molar-refractivity contribution in [3.8, 4) is 6.07 Å². The van der Waals surface area contributed by atoms with E-state index in [4.69, 9.17) is 9.68 Å². The van der Waals surface area contributed by atoms with Crippen LogP contribution in [0.25, 0.3) is 0 Å². The summed E-state index contributed by atoms with van der Waals surface area (Å²) in [6.45, 7) is 0. The molecule has 1 atom stereocenters. The second kappa shape index (κ2) is 4.29. The van der Waals surface area contributed by atoms with Gasteiger partial charge in [-0.1, -0.05) is 6.07 Å². The van der Waals surface area contributed by atoms with Crippen molar-refractivity contribution in [1.29, 1.82) is 5.26 Å². The fraction of sp³-hybridized carbons (Fsp3) is 0.0909. The average molecular weight is 199 g/mol. The molecule has 0 radical (unpaired) electrons. The molecule has 0 aliphatic carbocycles. The number of furan rings is 1. The summed E-state index contributed by atoms with van der Waals surface area (Å²) >= 11 is 0. The molecule has 74 valence electrons. The van der Waals surface area contributed by atoms with Crippen molar-refractivity contribution < 1.29 is 4.42 Å².